The van der Waals surface area contributed by atoms with Crippen LogP contribution >= 0.6 is 22.9 Å². The van der Waals surface area contributed by atoms with Gasteiger partial charge in [-0.1, -0.05) is 47.9 Å². The highest BCUT2D eigenvalue weighted by Gasteiger charge is 2.22. The molecule has 0 amide bonds. The van der Waals surface area contributed by atoms with E-state index in [0.717, 1.165) is 29.8 Å². The molecule has 1 aromatic heterocycles. The van der Waals surface area contributed by atoms with E-state index in [1.165, 1.54) is 11.3 Å². The van der Waals surface area contributed by atoms with Crippen LogP contribution < -0.4 is 10.6 Å². The van der Waals surface area contributed by atoms with Crippen molar-refractivity contribution >= 4 is 39.5 Å². The van der Waals surface area contributed by atoms with Crippen LogP contribution in [0.25, 0.3) is 0 Å². The van der Waals surface area contributed by atoms with Crippen LogP contribution in [0.5, 0.6) is 0 Å². The molecule has 2 N–H and O–H groups in total. The maximum atomic E-state index is 12.0. The number of anilines is 1. The Bertz CT molecular complexity index is 839. The average molecular weight is 421 g/mol. The van der Waals surface area contributed by atoms with Gasteiger partial charge in [-0.25, -0.2) is 5.43 Å². The highest BCUT2D eigenvalue weighted by atomic mass is 35.5. The van der Waals surface area contributed by atoms with Crippen molar-refractivity contribution in [2.45, 2.75) is 25.9 Å². The summed E-state index contributed by atoms with van der Waals surface area (Å²) in [6, 6.07) is 11.1. The first-order valence-corrected chi connectivity index (χ1v) is 10.3. The highest BCUT2D eigenvalue weighted by Crippen LogP contribution is 2.28. The summed E-state index contributed by atoms with van der Waals surface area (Å²) in [6.07, 6.45) is 1.40. The molecule has 0 saturated heterocycles. The number of hydrazine groups is 1. The number of hydrogen-bond acceptors (Lipinski definition) is 7. The molecule has 7 nitrogen and oxygen atoms in total. The highest BCUT2D eigenvalue weighted by molar-refractivity contribution is 7.19. The lowest BCUT2D eigenvalue weighted by atomic mass is 10.0. The van der Waals surface area contributed by atoms with Crippen LogP contribution in [0.3, 0.4) is 0 Å². The first-order chi connectivity index (χ1) is 13.5. The van der Waals surface area contributed by atoms with Gasteiger partial charge in [0.05, 0.1) is 21.6 Å². The number of halogens is 1. The number of hydrogen-bond donors (Lipinski definition) is 2. The van der Waals surface area contributed by atoms with Gasteiger partial charge in [0.2, 0.25) is 0 Å². The summed E-state index contributed by atoms with van der Waals surface area (Å²) < 4.78 is 0.567. The monoisotopic (exact) mass is 420 g/mol. The second-order valence-corrected chi connectivity index (χ2v) is 8.24. The Morgan fingerprint density at radius 1 is 1.36 bits per heavy atom. The van der Waals surface area contributed by atoms with Gasteiger partial charge in [0.15, 0.2) is 0 Å². The van der Waals surface area contributed by atoms with Gasteiger partial charge >= 0.3 is 0 Å². The van der Waals surface area contributed by atoms with Gasteiger partial charge in [0.1, 0.15) is 11.9 Å². The SMILES string of the molecule is CCCN(C)C(=N)c1ccc(C2=NO[C@@H](CNN([O-])c3ccc(Cl)s3)C2)cc1. The van der Waals surface area contributed by atoms with Gasteiger partial charge in [-0.05, 0) is 24.1 Å². The summed E-state index contributed by atoms with van der Waals surface area (Å²) in [5, 5.41) is 25.6. The fourth-order valence-corrected chi connectivity index (χ4v) is 3.79. The van der Waals surface area contributed by atoms with Gasteiger partial charge < -0.3 is 20.1 Å². The lowest BCUT2D eigenvalue weighted by Gasteiger charge is -2.30. The smallest absolute Gasteiger partial charge is 0.147 e. The number of nitrogens with one attached hydrogen (secondary N) is 2. The van der Waals surface area contributed by atoms with Crippen LogP contribution in [0.2, 0.25) is 4.34 Å². The van der Waals surface area contributed by atoms with Gasteiger partial charge in [-0.15, -0.1) is 11.3 Å². The first-order valence-electron chi connectivity index (χ1n) is 9.07. The molecule has 150 valence electrons. The first kappa shape index (κ1) is 20.6. The van der Waals surface area contributed by atoms with Crippen molar-refractivity contribution in [1.29, 1.82) is 5.41 Å². The predicted molar refractivity (Wildman–Crippen MR) is 115 cm³/mol. The van der Waals surface area contributed by atoms with Crippen LogP contribution in [0.15, 0.2) is 41.6 Å². The Balaban J connectivity index is 1.51. The number of oxime groups is 1. The minimum atomic E-state index is -0.212. The summed E-state index contributed by atoms with van der Waals surface area (Å²) in [6.45, 7) is 3.29. The molecular weight excluding hydrogens is 398 g/mol. The maximum absolute atomic E-state index is 12.0. The molecule has 3 rings (SSSR count). The summed E-state index contributed by atoms with van der Waals surface area (Å²) in [5.41, 5.74) is 5.44. The van der Waals surface area contributed by atoms with Crippen LogP contribution in [0.4, 0.5) is 5.00 Å². The van der Waals surface area contributed by atoms with Gasteiger partial charge in [0.25, 0.3) is 0 Å². The van der Waals surface area contributed by atoms with E-state index in [2.05, 4.69) is 17.5 Å². The van der Waals surface area contributed by atoms with E-state index in [9.17, 15) is 5.21 Å². The fourth-order valence-electron chi connectivity index (χ4n) is 2.87. The van der Waals surface area contributed by atoms with E-state index < -0.39 is 0 Å². The van der Waals surface area contributed by atoms with Crippen molar-refractivity contribution in [2.24, 2.45) is 5.16 Å². The zero-order chi connectivity index (χ0) is 20.1. The van der Waals surface area contributed by atoms with Crippen molar-refractivity contribution in [1.82, 2.24) is 10.3 Å². The van der Waals surface area contributed by atoms with E-state index in [-0.39, 0.29) is 6.10 Å². The Morgan fingerprint density at radius 2 is 2.11 bits per heavy atom. The van der Waals surface area contributed by atoms with E-state index in [1.807, 2.05) is 36.2 Å². The molecule has 1 aliphatic rings. The Labute approximate surface area is 173 Å². The number of amidine groups is 1. The summed E-state index contributed by atoms with van der Waals surface area (Å²) in [7, 11) is 1.93. The van der Waals surface area contributed by atoms with Crippen molar-refractivity contribution in [3.63, 3.8) is 0 Å². The van der Waals surface area contributed by atoms with Crippen LogP contribution in [-0.2, 0) is 4.84 Å². The molecule has 28 heavy (non-hydrogen) atoms. The molecule has 1 atom stereocenters. The lowest BCUT2D eigenvalue weighted by Crippen LogP contribution is -2.38. The molecule has 1 aromatic carbocycles. The molecule has 0 bridgehead atoms. The van der Waals surface area contributed by atoms with E-state index in [0.29, 0.717) is 33.3 Å². The quantitative estimate of drug-likeness (QED) is 0.382. The molecule has 0 spiro atoms. The maximum Gasteiger partial charge on any atom is 0.147 e. The summed E-state index contributed by atoms with van der Waals surface area (Å²) in [4.78, 5) is 7.38. The van der Waals surface area contributed by atoms with Crippen LogP contribution in [-0.4, -0.2) is 42.7 Å². The minimum Gasteiger partial charge on any atom is -0.743 e. The van der Waals surface area contributed by atoms with Gasteiger partial charge in [-0.3, -0.25) is 5.41 Å². The zero-order valence-corrected chi connectivity index (χ0v) is 17.4. The molecule has 0 unspecified atom stereocenters. The summed E-state index contributed by atoms with van der Waals surface area (Å²) in [5.74, 6) is 0.504. The van der Waals surface area contributed by atoms with Gasteiger partial charge in [0, 0.05) is 25.6 Å². The fraction of sp³-hybridized carbons (Fsp3) is 0.368. The molecule has 2 aromatic rings. The topological polar surface area (TPSA) is 87.0 Å². The van der Waals surface area contributed by atoms with Crippen molar-refractivity contribution in [2.75, 3.05) is 25.3 Å². The second-order valence-electron chi connectivity index (χ2n) is 6.55. The summed E-state index contributed by atoms with van der Waals surface area (Å²) >= 11 is 7.06. The largest absolute Gasteiger partial charge is 0.743 e. The molecule has 0 saturated carbocycles. The lowest BCUT2D eigenvalue weighted by molar-refractivity contribution is 0.0852. The second kappa shape index (κ2) is 9.38. The van der Waals surface area contributed by atoms with Crippen molar-refractivity contribution in [3.05, 3.63) is 57.1 Å². The molecule has 9 heteroatoms. The van der Waals surface area contributed by atoms with E-state index in [1.54, 1.807) is 12.1 Å². The Kier molecular flexibility index (Phi) is 6.90. The molecule has 0 aliphatic carbocycles. The van der Waals surface area contributed by atoms with Gasteiger partial charge in [-0.2, -0.15) is 0 Å². The van der Waals surface area contributed by atoms with Crippen molar-refractivity contribution in [3.8, 4) is 0 Å². The normalized spacial score (nSPS) is 15.9. The third kappa shape index (κ3) is 5.02. The van der Waals surface area contributed by atoms with Crippen molar-refractivity contribution < 1.29 is 4.84 Å². The molecule has 0 fully saturated rings. The number of rotatable bonds is 8. The zero-order valence-electron chi connectivity index (χ0n) is 15.8. The third-order valence-corrected chi connectivity index (χ3v) is 5.59. The predicted octanol–water partition coefficient (Wildman–Crippen LogP) is 4.07. The third-order valence-electron chi connectivity index (χ3n) is 4.39. The molecule has 0 radical (unpaired) electrons. The van der Waals surface area contributed by atoms with E-state index in [4.69, 9.17) is 21.8 Å². The molecular formula is C19H23ClN5O2S-. The Morgan fingerprint density at radius 3 is 2.75 bits per heavy atom. The number of nitrogens with zero attached hydrogens (tertiary/aromatic N) is 3. The van der Waals surface area contributed by atoms with Crippen LogP contribution in [0, 0.1) is 10.6 Å². The number of benzene rings is 1. The standard InChI is InChI=1S/C19H23ClN5O2S/c1-3-10-24(2)19(21)14-6-4-13(5-7-14)16-11-15(27-23-16)12-22-25(26)18-9-8-17(20)28-18/h4-9,15,21-22H,3,10-12H2,1-2H3/q-1/t15-/m1/s1. The molecule has 1 aliphatic heterocycles. The van der Waals surface area contributed by atoms with E-state index >= 15 is 0 Å². The number of thiophene rings is 1. The van der Waals surface area contributed by atoms with Crippen LogP contribution in [0.1, 0.15) is 30.9 Å². The molecule has 2 heterocycles. The minimum absolute atomic E-state index is 0.212. The average Bonchev–Trinajstić information content (AvgIpc) is 3.35. The Hall–Kier alpha value is -2.13.